The average Bonchev–Trinajstić information content (AvgIpc) is 3.31. The number of halogens is 3. The third kappa shape index (κ3) is 4.68. The van der Waals surface area contributed by atoms with Crippen LogP contribution >= 0.6 is 11.3 Å². The first kappa shape index (κ1) is 19.8. The monoisotopic (exact) mass is 397 g/mol. The number of alkyl halides is 3. The van der Waals surface area contributed by atoms with Gasteiger partial charge in [-0.3, -0.25) is 4.79 Å². The van der Waals surface area contributed by atoms with Crippen molar-refractivity contribution < 1.29 is 18.0 Å². The number of benzene rings is 1. The number of carbonyl (C=O) groups is 1. The van der Waals surface area contributed by atoms with Crippen LogP contribution in [0, 0.1) is 0 Å². The summed E-state index contributed by atoms with van der Waals surface area (Å²) in [6.45, 7) is 0.370. The van der Waals surface area contributed by atoms with Crippen LogP contribution in [0.4, 0.5) is 13.2 Å². The maximum atomic E-state index is 13.4. The molecular weight excluding hydrogens is 375 g/mol. The van der Waals surface area contributed by atoms with Crippen LogP contribution in [0.2, 0.25) is 0 Å². The zero-order chi connectivity index (χ0) is 19.4. The Morgan fingerprint density at radius 1 is 1.26 bits per heavy atom. The van der Waals surface area contributed by atoms with Crippen LogP contribution in [-0.2, 0) is 19.1 Å². The molecule has 3 rings (SSSR count). The number of thiazole rings is 1. The molecule has 1 amide bonds. The quantitative estimate of drug-likeness (QED) is 0.793. The molecule has 0 aliphatic heterocycles. The highest BCUT2D eigenvalue weighted by Gasteiger charge is 2.35. The number of amides is 1. The lowest BCUT2D eigenvalue weighted by Gasteiger charge is -2.29. The molecule has 1 heterocycles. The van der Waals surface area contributed by atoms with Gasteiger partial charge in [0.15, 0.2) is 0 Å². The highest BCUT2D eigenvalue weighted by molar-refractivity contribution is 7.09. The maximum Gasteiger partial charge on any atom is 0.416 e. The molecule has 8 heteroatoms. The minimum atomic E-state index is -4.45. The Morgan fingerprint density at radius 3 is 2.63 bits per heavy atom. The van der Waals surface area contributed by atoms with E-state index in [1.165, 1.54) is 23.5 Å². The van der Waals surface area contributed by atoms with Crippen LogP contribution in [0.5, 0.6) is 0 Å². The zero-order valence-corrected chi connectivity index (χ0v) is 15.7. The van der Waals surface area contributed by atoms with E-state index in [4.69, 9.17) is 5.73 Å². The Kier molecular flexibility index (Phi) is 6.16. The molecule has 0 unspecified atom stereocenters. The van der Waals surface area contributed by atoms with Gasteiger partial charge in [0.2, 0.25) is 0 Å². The molecular formula is C19H22F3N3OS. The number of rotatable bonds is 6. The normalized spacial score (nSPS) is 15.3. The summed E-state index contributed by atoms with van der Waals surface area (Å²) in [5, 5.41) is 2.44. The molecule has 1 aromatic carbocycles. The summed E-state index contributed by atoms with van der Waals surface area (Å²) in [6.07, 6.45) is -0.302. The van der Waals surface area contributed by atoms with Gasteiger partial charge in [-0.2, -0.15) is 13.2 Å². The lowest BCUT2D eigenvalue weighted by molar-refractivity contribution is -0.138. The number of carbonyl (C=O) groups excluding carboxylic acids is 1. The molecule has 0 bridgehead atoms. The van der Waals surface area contributed by atoms with E-state index in [0.29, 0.717) is 18.7 Å². The van der Waals surface area contributed by atoms with Crippen LogP contribution in [0.3, 0.4) is 0 Å². The number of nitrogens with zero attached hydrogens (tertiary/aromatic N) is 2. The van der Waals surface area contributed by atoms with Gasteiger partial charge >= 0.3 is 6.18 Å². The fourth-order valence-electron chi connectivity index (χ4n) is 3.50. The fraction of sp³-hybridized carbons (Fsp3) is 0.474. The van der Waals surface area contributed by atoms with Crippen molar-refractivity contribution in [1.29, 1.82) is 0 Å². The molecule has 1 aliphatic carbocycles. The molecule has 1 aromatic heterocycles. The number of nitrogens with two attached hydrogens (primary N) is 1. The van der Waals surface area contributed by atoms with Crippen molar-refractivity contribution >= 4 is 17.2 Å². The molecule has 146 valence electrons. The zero-order valence-electron chi connectivity index (χ0n) is 14.8. The van der Waals surface area contributed by atoms with Gasteiger partial charge in [0.25, 0.3) is 5.91 Å². The molecule has 4 nitrogen and oxygen atoms in total. The average molecular weight is 397 g/mol. The Hall–Kier alpha value is -1.93. The third-order valence-electron chi connectivity index (χ3n) is 4.82. The summed E-state index contributed by atoms with van der Waals surface area (Å²) in [4.78, 5) is 19.0. The predicted molar refractivity (Wildman–Crippen MR) is 98.4 cm³/mol. The Balaban J connectivity index is 1.89. The van der Waals surface area contributed by atoms with E-state index in [9.17, 15) is 18.0 Å². The molecule has 1 saturated carbocycles. The van der Waals surface area contributed by atoms with Gasteiger partial charge in [0, 0.05) is 24.4 Å². The van der Waals surface area contributed by atoms with Crippen LogP contribution in [0.15, 0.2) is 29.6 Å². The second kappa shape index (κ2) is 8.39. The summed E-state index contributed by atoms with van der Waals surface area (Å²) in [5.74, 6) is -0.307. The standard InChI is InChI=1S/C19H22F3N3OS/c20-19(21,22)15-8-4-1-5-13(15)11-25(14-6-2-3-7-14)18(26)16-12-27-17(24-16)9-10-23/h1,4-5,8,12,14H,2-3,6-7,9-11,23H2. The third-order valence-corrected chi connectivity index (χ3v) is 5.73. The SMILES string of the molecule is NCCc1nc(C(=O)N(Cc2ccccc2C(F)(F)F)C2CCCC2)cs1. The summed E-state index contributed by atoms with van der Waals surface area (Å²) < 4.78 is 40.1. The van der Waals surface area contributed by atoms with E-state index in [1.807, 2.05) is 0 Å². The van der Waals surface area contributed by atoms with Crippen LogP contribution in [-0.4, -0.2) is 28.4 Å². The van der Waals surface area contributed by atoms with Crippen molar-refractivity contribution in [2.75, 3.05) is 6.54 Å². The van der Waals surface area contributed by atoms with Gasteiger partial charge in [-0.25, -0.2) is 4.98 Å². The van der Waals surface area contributed by atoms with Crippen LogP contribution < -0.4 is 5.73 Å². The summed E-state index contributed by atoms with van der Waals surface area (Å²) in [6, 6.07) is 5.39. The van der Waals surface area contributed by atoms with Gasteiger partial charge in [-0.15, -0.1) is 11.3 Å². The Bertz CT molecular complexity index is 785. The number of hydrogen-bond donors (Lipinski definition) is 1. The molecule has 2 N–H and O–H groups in total. The van der Waals surface area contributed by atoms with E-state index in [2.05, 4.69) is 4.98 Å². The molecule has 27 heavy (non-hydrogen) atoms. The molecule has 0 radical (unpaired) electrons. The Labute approximate surface area is 160 Å². The number of aromatic nitrogens is 1. The van der Waals surface area contributed by atoms with Gasteiger partial charge in [-0.1, -0.05) is 31.0 Å². The molecule has 2 aromatic rings. The van der Waals surface area contributed by atoms with E-state index < -0.39 is 11.7 Å². The minimum Gasteiger partial charge on any atom is -0.330 e. The van der Waals surface area contributed by atoms with Gasteiger partial charge < -0.3 is 10.6 Å². The first-order valence-electron chi connectivity index (χ1n) is 9.00. The maximum absolute atomic E-state index is 13.4. The first-order chi connectivity index (χ1) is 12.9. The largest absolute Gasteiger partial charge is 0.416 e. The van der Waals surface area contributed by atoms with E-state index in [-0.39, 0.29) is 24.1 Å². The number of hydrogen-bond acceptors (Lipinski definition) is 4. The van der Waals surface area contributed by atoms with E-state index in [1.54, 1.807) is 16.3 Å². The lowest BCUT2D eigenvalue weighted by Crippen LogP contribution is -2.39. The highest BCUT2D eigenvalue weighted by Crippen LogP contribution is 2.34. The molecule has 1 aliphatic rings. The molecule has 0 atom stereocenters. The van der Waals surface area contributed by atoms with Gasteiger partial charge in [0.05, 0.1) is 10.6 Å². The summed E-state index contributed by atoms with van der Waals surface area (Å²) in [5.41, 5.74) is 5.24. The van der Waals surface area contributed by atoms with Gasteiger partial charge in [-0.05, 0) is 31.0 Å². The second-order valence-corrected chi connectivity index (χ2v) is 7.63. The molecule has 1 fully saturated rings. The van der Waals surface area contributed by atoms with Crippen molar-refractivity contribution in [1.82, 2.24) is 9.88 Å². The van der Waals surface area contributed by atoms with Crippen molar-refractivity contribution in [2.24, 2.45) is 5.73 Å². The first-order valence-corrected chi connectivity index (χ1v) is 9.88. The predicted octanol–water partition coefficient (Wildman–Crippen LogP) is 4.25. The van der Waals surface area contributed by atoms with Crippen molar-refractivity contribution in [2.45, 2.75) is 50.9 Å². The van der Waals surface area contributed by atoms with Crippen molar-refractivity contribution in [3.63, 3.8) is 0 Å². The summed E-state index contributed by atoms with van der Waals surface area (Å²) >= 11 is 1.36. The smallest absolute Gasteiger partial charge is 0.330 e. The molecule has 0 saturated heterocycles. The van der Waals surface area contributed by atoms with Crippen LogP contribution in [0.25, 0.3) is 0 Å². The second-order valence-electron chi connectivity index (χ2n) is 6.69. The molecule has 0 spiro atoms. The van der Waals surface area contributed by atoms with Gasteiger partial charge in [0.1, 0.15) is 5.69 Å². The Morgan fingerprint density at radius 2 is 1.96 bits per heavy atom. The van der Waals surface area contributed by atoms with Crippen LogP contribution in [0.1, 0.15) is 52.3 Å². The minimum absolute atomic E-state index is 0.0570. The fourth-order valence-corrected chi connectivity index (χ4v) is 4.28. The lowest BCUT2D eigenvalue weighted by atomic mass is 10.0. The van der Waals surface area contributed by atoms with E-state index >= 15 is 0 Å². The van der Waals surface area contributed by atoms with Crippen molar-refractivity contribution in [3.05, 3.63) is 51.5 Å². The van der Waals surface area contributed by atoms with E-state index in [0.717, 1.165) is 36.8 Å². The topological polar surface area (TPSA) is 59.2 Å². The van der Waals surface area contributed by atoms with Crippen molar-refractivity contribution in [3.8, 4) is 0 Å². The highest BCUT2D eigenvalue weighted by atomic mass is 32.1. The summed E-state index contributed by atoms with van der Waals surface area (Å²) in [7, 11) is 0.